The van der Waals surface area contributed by atoms with Gasteiger partial charge in [0.1, 0.15) is 0 Å². The molecule has 1 N–H and O–H groups in total. The summed E-state index contributed by atoms with van der Waals surface area (Å²) in [7, 11) is 0. The van der Waals surface area contributed by atoms with E-state index in [4.69, 9.17) is 0 Å². The smallest absolute Gasteiger partial charge is 0.0617 e. The topological polar surface area (TPSA) is 20.2 Å². The van der Waals surface area contributed by atoms with Crippen LogP contribution in [0.15, 0.2) is 0 Å². The van der Waals surface area contributed by atoms with Crippen molar-refractivity contribution in [1.82, 2.24) is 0 Å². The highest BCUT2D eigenvalue weighted by atomic mass is 16.3. The molecule has 0 aromatic rings. The molecule has 0 aliphatic rings. The van der Waals surface area contributed by atoms with E-state index >= 15 is 0 Å². The van der Waals surface area contributed by atoms with E-state index in [-0.39, 0.29) is 0 Å². The number of hydrogen-bond acceptors (Lipinski definition) is 1. The van der Waals surface area contributed by atoms with Gasteiger partial charge in [-0.15, -0.1) is 0 Å². The molecule has 0 amide bonds. The van der Waals surface area contributed by atoms with Crippen molar-refractivity contribution in [2.24, 2.45) is 0 Å². The predicted molar refractivity (Wildman–Crippen MR) is 40.1 cm³/mol. The van der Waals surface area contributed by atoms with Crippen molar-refractivity contribution in [2.45, 2.75) is 45.1 Å². The molecule has 0 aromatic carbocycles. The Morgan fingerprint density at radius 3 is 2.44 bits per heavy atom. The predicted octanol–water partition coefficient (Wildman–Crippen LogP) is 2.15. The summed E-state index contributed by atoms with van der Waals surface area (Å²) in [6.07, 6.45) is 3.68. The minimum absolute atomic E-state index is 0.447. The first-order valence-corrected chi connectivity index (χ1v) is 3.64. The zero-order valence-electron chi connectivity index (χ0n) is 6.48. The molecule has 9 heavy (non-hydrogen) atoms. The second-order valence-electron chi connectivity index (χ2n) is 2.81. The van der Waals surface area contributed by atoms with Gasteiger partial charge >= 0.3 is 0 Å². The normalized spacial score (nSPS) is 17.3. The Kier molecular flexibility index (Phi) is 3.87. The molecule has 0 aliphatic carbocycles. The summed E-state index contributed by atoms with van der Waals surface area (Å²) in [4.78, 5) is 0. The Balaban J connectivity index is 3.33. The van der Waals surface area contributed by atoms with Crippen molar-refractivity contribution in [2.75, 3.05) is 0 Å². The monoisotopic (exact) mass is 129 g/mol. The zero-order valence-corrected chi connectivity index (χ0v) is 6.48. The average molecular weight is 129 g/mol. The van der Waals surface area contributed by atoms with Crippen LogP contribution >= 0.6 is 0 Å². The van der Waals surface area contributed by atoms with Gasteiger partial charge in [-0.2, -0.15) is 0 Å². The molecule has 0 fully saturated rings. The van der Waals surface area contributed by atoms with Crippen molar-refractivity contribution in [1.29, 1.82) is 0 Å². The fraction of sp³-hybridized carbons (Fsp3) is 0.875. The van der Waals surface area contributed by atoms with Crippen LogP contribution in [-0.4, -0.2) is 10.7 Å². The molecule has 1 heteroatoms. The van der Waals surface area contributed by atoms with E-state index < -0.39 is 5.60 Å². The van der Waals surface area contributed by atoms with Crippen molar-refractivity contribution in [3.8, 4) is 0 Å². The van der Waals surface area contributed by atoms with Gasteiger partial charge in [0, 0.05) is 0 Å². The quantitative estimate of drug-likeness (QED) is 0.616. The summed E-state index contributed by atoms with van der Waals surface area (Å²) >= 11 is 0. The Labute approximate surface area is 58.1 Å². The van der Waals surface area contributed by atoms with Gasteiger partial charge in [-0.1, -0.05) is 26.7 Å². The Hall–Kier alpha value is -0.0400. The molecule has 0 spiro atoms. The molecule has 1 atom stereocenters. The third kappa shape index (κ3) is 4.46. The summed E-state index contributed by atoms with van der Waals surface area (Å²) in [6.45, 7) is 7.59. The fourth-order valence-corrected chi connectivity index (χ4v) is 0.683. The number of hydrogen-bond donors (Lipinski definition) is 1. The van der Waals surface area contributed by atoms with E-state index in [2.05, 4.69) is 6.92 Å². The minimum atomic E-state index is -0.447. The molecule has 1 radical (unpaired) electrons. The van der Waals surface area contributed by atoms with Gasteiger partial charge in [0.2, 0.25) is 0 Å². The second kappa shape index (κ2) is 3.89. The van der Waals surface area contributed by atoms with Gasteiger partial charge in [0.15, 0.2) is 0 Å². The maximum atomic E-state index is 9.43. The van der Waals surface area contributed by atoms with Crippen molar-refractivity contribution < 1.29 is 5.11 Å². The molecule has 0 bridgehead atoms. The van der Waals surface area contributed by atoms with Crippen molar-refractivity contribution in [3.05, 3.63) is 6.92 Å². The molecule has 0 saturated heterocycles. The standard InChI is InChI=1S/C8H17O/c1-4-6-7-8(3,9)5-2/h9H,1,4-7H2,2-3H3. The first kappa shape index (κ1) is 8.96. The molecule has 0 saturated carbocycles. The Morgan fingerprint density at radius 2 is 2.11 bits per heavy atom. The van der Waals surface area contributed by atoms with Crippen LogP contribution in [0.1, 0.15) is 39.5 Å². The van der Waals surface area contributed by atoms with E-state index in [9.17, 15) is 5.11 Å². The van der Waals surface area contributed by atoms with Crippen LogP contribution in [0.5, 0.6) is 0 Å². The molecular formula is C8H17O. The third-order valence-electron chi connectivity index (χ3n) is 1.73. The molecule has 1 nitrogen and oxygen atoms in total. The largest absolute Gasteiger partial charge is 0.390 e. The van der Waals surface area contributed by atoms with Crippen LogP contribution in [0.2, 0.25) is 0 Å². The molecule has 0 rings (SSSR count). The number of unbranched alkanes of at least 4 members (excludes halogenated alkanes) is 1. The molecule has 0 aliphatic heterocycles. The lowest BCUT2D eigenvalue weighted by atomic mass is 9.97. The van der Waals surface area contributed by atoms with Gasteiger partial charge in [-0.3, -0.25) is 0 Å². The van der Waals surface area contributed by atoms with Crippen LogP contribution < -0.4 is 0 Å². The molecule has 55 valence electrons. The summed E-state index contributed by atoms with van der Waals surface area (Å²) in [5.74, 6) is 0. The summed E-state index contributed by atoms with van der Waals surface area (Å²) in [5, 5.41) is 9.43. The molecule has 0 heterocycles. The van der Waals surface area contributed by atoms with E-state index in [0.717, 1.165) is 25.7 Å². The first-order chi connectivity index (χ1) is 4.12. The fourth-order valence-electron chi connectivity index (χ4n) is 0.683. The molecule has 1 unspecified atom stereocenters. The zero-order chi connectivity index (χ0) is 7.33. The van der Waals surface area contributed by atoms with E-state index in [1.807, 2.05) is 13.8 Å². The van der Waals surface area contributed by atoms with Crippen molar-refractivity contribution >= 4 is 0 Å². The third-order valence-corrected chi connectivity index (χ3v) is 1.73. The van der Waals surface area contributed by atoms with E-state index in [0.29, 0.717) is 0 Å². The number of rotatable bonds is 4. The van der Waals surface area contributed by atoms with E-state index in [1.165, 1.54) is 0 Å². The highest BCUT2D eigenvalue weighted by molar-refractivity contribution is 4.69. The van der Waals surface area contributed by atoms with Gasteiger partial charge in [-0.25, -0.2) is 0 Å². The highest BCUT2D eigenvalue weighted by Crippen LogP contribution is 2.16. The highest BCUT2D eigenvalue weighted by Gasteiger charge is 2.15. The maximum Gasteiger partial charge on any atom is 0.0617 e. The second-order valence-corrected chi connectivity index (χ2v) is 2.81. The Morgan fingerprint density at radius 1 is 1.56 bits per heavy atom. The van der Waals surface area contributed by atoms with Crippen LogP contribution in [0, 0.1) is 6.92 Å². The summed E-state index contributed by atoms with van der Waals surface area (Å²) < 4.78 is 0. The van der Waals surface area contributed by atoms with Crippen LogP contribution in [0.3, 0.4) is 0 Å². The van der Waals surface area contributed by atoms with Gasteiger partial charge in [0.05, 0.1) is 5.60 Å². The molecular weight excluding hydrogens is 112 g/mol. The van der Waals surface area contributed by atoms with Crippen LogP contribution in [0.4, 0.5) is 0 Å². The molecule has 0 aromatic heterocycles. The van der Waals surface area contributed by atoms with Crippen LogP contribution in [0.25, 0.3) is 0 Å². The Bertz CT molecular complexity index is 67.0. The van der Waals surface area contributed by atoms with Crippen molar-refractivity contribution in [3.63, 3.8) is 0 Å². The minimum Gasteiger partial charge on any atom is -0.390 e. The number of aliphatic hydroxyl groups is 1. The lowest BCUT2D eigenvalue weighted by molar-refractivity contribution is 0.0452. The van der Waals surface area contributed by atoms with E-state index in [1.54, 1.807) is 0 Å². The SMILES string of the molecule is [CH2]CCCC(C)(O)CC. The summed E-state index contributed by atoms with van der Waals surface area (Å²) in [5.41, 5.74) is -0.447. The lowest BCUT2D eigenvalue weighted by Gasteiger charge is -2.20. The maximum absolute atomic E-state index is 9.43. The first-order valence-electron chi connectivity index (χ1n) is 3.64. The average Bonchev–Trinajstić information content (AvgIpc) is 1.84. The van der Waals surface area contributed by atoms with Gasteiger partial charge in [-0.05, 0) is 19.8 Å². The van der Waals surface area contributed by atoms with Crippen LogP contribution in [-0.2, 0) is 0 Å². The van der Waals surface area contributed by atoms with Gasteiger partial charge < -0.3 is 5.11 Å². The lowest BCUT2D eigenvalue weighted by Crippen LogP contribution is -2.21. The summed E-state index contributed by atoms with van der Waals surface area (Å²) in [6, 6.07) is 0. The van der Waals surface area contributed by atoms with Gasteiger partial charge in [0.25, 0.3) is 0 Å².